The summed E-state index contributed by atoms with van der Waals surface area (Å²) in [5.41, 5.74) is 1.18. The van der Waals surface area contributed by atoms with Gasteiger partial charge in [-0.1, -0.05) is 36.9 Å². The number of fused-ring (bicyclic) bond motifs is 3. The van der Waals surface area contributed by atoms with Gasteiger partial charge >= 0.3 is 0 Å². The lowest BCUT2D eigenvalue weighted by molar-refractivity contribution is 0.0988. The van der Waals surface area contributed by atoms with Crippen LogP contribution in [0, 0.1) is 0 Å². The van der Waals surface area contributed by atoms with Gasteiger partial charge in [0.15, 0.2) is 10.9 Å². The van der Waals surface area contributed by atoms with Crippen LogP contribution in [-0.4, -0.2) is 37.3 Å². The van der Waals surface area contributed by atoms with Crippen molar-refractivity contribution in [1.82, 2.24) is 19.2 Å². The molecule has 2 heterocycles. The minimum atomic E-state index is -0.348. The van der Waals surface area contributed by atoms with Crippen LogP contribution in [0.1, 0.15) is 23.7 Å². The van der Waals surface area contributed by atoms with E-state index in [1.807, 2.05) is 29.5 Å². The Labute approximate surface area is 183 Å². The Morgan fingerprint density at radius 3 is 2.61 bits per heavy atom. The van der Waals surface area contributed by atoms with Gasteiger partial charge in [-0.3, -0.25) is 18.6 Å². The third-order valence-corrected chi connectivity index (χ3v) is 6.38. The van der Waals surface area contributed by atoms with Crippen molar-refractivity contribution in [2.24, 2.45) is 0 Å². The Morgan fingerprint density at radius 2 is 1.94 bits per heavy atom. The number of ketones is 1. The summed E-state index contributed by atoms with van der Waals surface area (Å²) in [5, 5.41) is 9.38. The number of benzene rings is 2. The number of methoxy groups -OCH3 is 1. The molecule has 0 saturated heterocycles. The zero-order valence-electron chi connectivity index (χ0n) is 17.3. The summed E-state index contributed by atoms with van der Waals surface area (Å²) >= 11 is 1.35. The molecule has 1 atom stereocenters. The van der Waals surface area contributed by atoms with Gasteiger partial charge in [-0.15, -0.1) is 16.8 Å². The molecule has 8 heteroatoms. The van der Waals surface area contributed by atoms with E-state index >= 15 is 0 Å². The third-order valence-electron chi connectivity index (χ3n) is 5.08. The predicted octanol–water partition coefficient (Wildman–Crippen LogP) is 3.99. The van der Waals surface area contributed by atoms with Crippen LogP contribution in [0.4, 0.5) is 0 Å². The van der Waals surface area contributed by atoms with Crippen LogP contribution >= 0.6 is 11.8 Å². The number of nitrogens with zero attached hydrogens (tertiary/aromatic N) is 4. The maximum absolute atomic E-state index is 13.1. The van der Waals surface area contributed by atoms with Gasteiger partial charge in [-0.05, 0) is 42.8 Å². The molecule has 0 aliphatic carbocycles. The smallest absolute Gasteiger partial charge is 0.263 e. The number of carbonyl (C=O) groups excluding carboxylic acids is 1. The van der Waals surface area contributed by atoms with Crippen molar-refractivity contribution < 1.29 is 9.53 Å². The third kappa shape index (κ3) is 3.74. The largest absolute Gasteiger partial charge is 0.497 e. The Bertz CT molecular complexity index is 1320. The number of hydrogen-bond acceptors (Lipinski definition) is 6. The molecule has 0 aliphatic heterocycles. The highest BCUT2D eigenvalue weighted by Crippen LogP contribution is 2.29. The highest BCUT2D eigenvalue weighted by molar-refractivity contribution is 8.00. The van der Waals surface area contributed by atoms with Crippen LogP contribution in [0.2, 0.25) is 0 Å². The standard InChI is InChI=1S/C23H22N4O3S/c1-4-14-26-21(29)17-8-6-7-9-18(17)27-22(26)24-25-23(27)31-19(5-2)20(28)15-10-12-16(30-3)13-11-15/h4,6-13,19H,1,5,14H2,2-3H3. The molecule has 0 saturated carbocycles. The van der Waals surface area contributed by atoms with Crippen molar-refractivity contribution in [3.8, 4) is 5.75 Å². The molecule has 0 aliphatic rings. The number of carbonyl (C=O) groups is 1. The summed E-state index contributed by atoms with van der Waals surface area (Å²) in [5.74, 6) is 1.14. The van der Waals surface area contributed by atoms with E-state index in [0.29, 0.717) is 46.1 Å². The van der Waals surface area contributed by atoms with Crippen molar-refractivity contribution in [3.63, 3.8) is 0 Å². The van der Waals surface area contributed by atoms with Gasteiger partial charge in [-0.2, -0.15) is 0 Å². The molecule has 0 N–H and O–H groups in total. The van der Waals surface area contributed by atoms with E-state index in [2.05, 4.69) is 16.8 Å². The lowest BCUT2D eigenvalue weighted by atomic mass is 10.1. The molecule has 31 heavy (non-hydrogen) atoms. The summed E-state index contributed by atoms with van der Waals surface area (Å²) in [6, 6.07) is 14.4. The molecule has 4 aromatic rings. The topological polar surface area (TPSA) is 78.5 Å². The number of thioether (sulfide) groups is 1. The first-order chi connectivity index (χ1) is 15.1. The first-order valence-corrected chi connectivity index (χ1v) is 10.8. The fourth-order valence-electron chi connectivity index (χ4n) is 3.49. The molecule has 4 rings (SSSR count). The second kappa shape index (κ2) is 8.77. The molecule has 2 aromatic carbocycles. The first-order valence-electron chi connectivity index (χ1n) is 9.91. The number of hydrogen-bond donors (Lipinski definition) is 0. The van der Waals surface area contributed by atoms with E-state index in [9.17, 15) is 9.59 Å². The molecule has 158 valence electrons. The molecule has 0 fully saturated rings. The number of aromatic nitrogens is 4. The summed E-state index contributed by atoms with van der Waals surface area (Å²) in [6.07, 6.45) is 2.27. The van der Waals surface area contributed by atoms with E-state index < -0.39 is 0 Å². The highest BCUT2D eigenvalue weighted by atomic mass is 32.2. The normalized spacial score (nSPS) is 12.2. The van der Waals surface area contributed by atoms with E-state index in [1.165, 1.54) is 11.8 Å². The van der Waals surface area contributed by atoms with Gasteiger partial charge in [0.2, 0.25) is 5.78 Å². The zero-order chi connectivity index (χ0) is 22.0. The minimum Gasteiger partial charge on any atom is -0.497 e. The van der Waals surface area contributed by atoms with Crippen molar-refractivity contribution >= 4 is 34.2 Å². The van der Waals surface area contributed by atoms with Crippen molar-refractivity contribution in [2.75, 3.05) is 7.11 Å². The van der Waals surface area contributed by atoms with Crippen molar-refractivity contribution in [2.45, 2.75) is 30.3 Å². The monoisotopic (exact) mass is 434 g/mol. The molecular weight excluding hydrogens is 412 g/mol. The van der Waals surface area contributed by atoms with E-state index in [4.69, 9.17) is 4.74 Å². The van der Waals surface area contributed by atoms with Crippen LogP contribution in [-0.2, 0) is 6.54 Å². The second-order valence-corrected chi connectivity index (χ2v) is 8.12. The average molecular weight is 435 g/mol. The van der Waals surface area contributed by atoms with Crippen LogP contribution in [0.15, 0.2) is 71.1 Å². The summed E-state index contributed by atoms with van der Waals surface area (Å²) in [6.45, 7) is 6.03. The average Bonchev–Trinajstić information content (AvgIpc) is 3.23. The van der Waals surface area contributed by atoms with Crippen LogP contribution in [0.3, 0.4) is 0 Å². The number of Topliss-reactive ketones (excluding diaryl/α,β-unsaturated/α-hetero) is 1. The van der Waals surface area contributed by atoms with E-state index in [-0.39, 0.29) is 16.6 Å². The molecule has 0 spiro atoms. The Kier molecular flexibility index (Phi) is 5.90. The van der Waals surface area contributed by atoms with Gasteiger partial charge < -0.3 is 4.74 Å². The van der Waals surface area contributed by atoms with Gasteiger partial charge in [-0.25, -0.2) is 0 Å². The number of para-hydroxylation sites is 1. The molecule has 7 nitrogen and oxygen atoms in total. The van der Waals surface area contributed by atoms with E-state index in [0.717, 1.165) is 0 Å². The maximum atomic E-state index is 13.1. The van der Waals surface area contributed by atoms with E-state index in [1.54, 1.807) is 48.1 Å². The molecular formula is C23H22N4O3S. The molecule has 0 bridgehead atoms. The second-order valence-electron chi connectivity index (χ2n) is 6.95. The summed E-state index contributed by atoms with van der Waals surface area (Å²) in [7, 11) is 1.59. The lowest BCUT2D eigenvalue weighted by Gasteiger charge is -2.14. The highest BCUT2D eigenvalue weighted by Gasteiger charge is 2.24. The Hall–Kier alpha value is -3.39. The van der Waals surface area contributed by atoms with Crippen LogP contribution < -0.4 is 10.3 Å². The van der Waals surface area contributed by atoms with Gasteiger partial charge in [0.1, 0.15) is 5.75 Å². The molecule has 1 unspecified atom stereocenters. The molecule has 2 aromatic heterocycles. The predicted molar refractivity (Wildman–Crippen MR) is 122 cm³/mol. The quantitative estimate of drug-likeness (QED) is 0.237. The van der Waals surface area contributed by atoms with Crippen LogP contribution in [0.25, 0.3) is 16.7 Å². The number of rotatable bonds is 8. The summed E-state index contributed by atoms with van der Waals surface area (Å²) < 4.78 is 8.56. The summed E-state index contributed by atoms with van der Waals surface area (Å²) in [4.78, 5) is 26.1. The fourth-order valence-corrected chi connectivity index (χ4v) is 4.53. The molecule has 0 radical (unpaired) electrons. The maximum Gasteiger partial charge on any atom is 0.263 e. The minimum absolute atomic E-state index is 0.00983. The SMILES string of the molecule is C=CCn1c(=O)c2ccccc2n2c(SC(CC)C(=O)c3ccc(OC)cc3)nnc12. The van der Waals surface area contributed by atoms with Gasteiger partial charge in [0.25, 0.3) is 5.56 Å². The van der Waals surface area contributed by atoms with Crippen molar-refractivity contribution in [1.29, 1.82) is 0 Å². The van der Waals surface area contributed by atoms with Gasteiger partial charge in [0.05, 0.1) is 23.3 Å². The Morgan fingerprint density at radius 1 is 1.19 bits per heavy atom. The van der Waals surface area contributed by atoms with Crippen molar-refractivity contribution in [3.05, 3.63) is 77.1 Å². The molecule has 0 amide bonds. The van der Waals surface area contributed by atoms with Crippen LogP contribution in [0.5, 0.6) is 5.75 Å². The van der Waals surface area contributed by atoms with Gasteiger partial charge in [0, 0.05) is 12.1 Å². The Balaban J connectivity index is 1.79. The first kappa shape index (κ1) is 20.9. The fraction of sp³-hybridized carbons (Fsp3) is 0.217. The lowest BCUT2D eigenvalue weighted by Crippen LogP contribution is -2.23. The number of allylic oxidation sites excluding steroid dienone is 1. The zero-order valence-corrected chi connectivity index (χ0v) is 18.1. The number of ether oxygens (including phenoxy) is 1.